The van der Waals surface area contributed by atoms with E-state index in [-0.39, 0.29) is 6.07 Å². The molecule has 0 saturated carbocycles. The van der Waals surface area contributed by atoms with Crippen LogP contribution in [0.4, 0.5) is 26.3 Å². The highest BCUT2D eigenvalue weighted by molar-refractivity contribution is 5.90. The Morgan fingerprint density at radius 3 is 2.24 bits per heavy atom. The lowest BCUT2D eigenvalue weighted by molar-refractivity contribution is -0.140. The molecule has 0 amide bonds. The van der Waals surface area contributed by atoms with Crippen LogP contribution in [0.3, 0.4) is 0 Å². The van der Waals surface area contributed by atoms with Gasteiger partial charge in [0.05, 0.1) is 17.2 Å². The SMILES string of the molecule is CCCC(C)OC(=O)c1cc(C(F)(F)F)c(F)c(F)c1F. The number of hydrogen-bond donors (Lipinski definition) is 0. The summed E-state index contributed by atoms with van der Waals surface area (Å²) in [4.78, 5) is 11.6. The number of carbonyl (C=O) groups is 1. The van der Waals surface area contributed by atoms with Crippen LogP contribution in [0.2, 0.25) is 0 Å². The first-order chi connectivity index (χ1) is 9.59. The van der Waals surface area contributed by atoms with Gasteiger partial charge in [-0.15, -0.1) is 0 Å². The molecule has 0 saturated heterocycles. The number of halogens is 6. The summed E-state index contributed by atoms with van der Waals surface area (Å²) in [5.74, 6) is -8.23. The maximum atomic E-state index is 13.4. The molecule has 0 fully saturated rings. The van der Waals surface area contributed by atoms with E-state index in [1.54, 1.807) is 6.92 Å². The summed E-state index contributed by atoms with van der Waals surface area (Å²) in [7, 11) is 0. The number of carbonyl (C=O) groups excluding carboxylic acids is 1. The number of alkyl halides is 3. The molecular formula is C13H12F6O2. The van der Waals surface area contributed by atoms with Crippen LogP contribution in [-0.2, 0) is 10.9 Å². The lowest BCUT2D eigenvalue weighted by Gasteiger charge is -2.15. The fourth-order valence-electron chi connectivity index (χ4n) is 1.67. The number of benzene rings is 1. The molecule has 0 aliphatic rings. The molecule has 0 spiro atoms. The second-order valence-corrected chi connectivity index (χ2v) is 4.42. The number of ether oxygens (including phenoxy) is 1. The van der Waals surface area contributed by atoms with Crippen LogP contribution >= 0.6 is 0 Å². The minimum atomic E-state index is -5.26. The Hall–Kier alpha value is -1.73. The van der Waals surface area contributed by atoms with E-state index in [0.29, 0.717) is 12.8 Å². The number of esters is 1. The summed E-state index contributed by atoms with van der Waals surface area (Å²) in [5.41, 5.74) is -3.35. The monoisotopic (exact) mass is 314 g/mol. The van der Waals surface area contributed by atoms with E-state index in [4.69, 9.17) is 0 Å². The maximum Gasteiger partial charge on any atom is 0.419 e. The smallest absolute Gasteiger partial charge is 0.419 e. The first-order valence-electron chi connectivity index (χ1n) is 6.05. The van der Waals surface area contributed by atoms with E-state index in [1.165, 1.54) is 6.92 Å². The van der Waals surface area contributed by atoms with Crippen molar-refractivity contribution in [2.75, 3.05) is 0 Å². The van der Waals surface area contributed by atoms with Crippen molar-refractivity contribution in [1.82, 2.24) is 0 Å². The minimum absolute atomic E-state index is 0.0885. The highest BCUT2D eigenvalue weighted by atomic mass is 19.4. The van der Waals surface area contributed by atoms with Gasteiger partial charge in [-0.1, -0.05) is 13.3 Å². The van der Waals surface area contributed by atoms with E-state index in [9.17, 15) is 31.1 Å². The van der Waals surface area contributed by atoms with Crippen molar-refractivity contribution in [2.45, 2.75) is 39.0 Å². The van der Waals surface area contributed by atoms with Gasteiger partial charge in [0.15, 0.2) is 17.5 Å². The Labute approximate surface area is 116 Å². The first-order valence-corrected chi connectivity index (χ1v) is 6.05. The highest BCUT2D eigenvalue weighted by Gasteiger charge is 2.38. The van der Waals surface area contributed by atoms with Crippen molar-refractivity contribution in [3.8, 4) is 0 Å². The van der Waals surface area contributed by atoms with Gasteiger partial charge in [0.25, 0.3) is 0 Å². The van der Waals surface area contributed by atoms with E-state index in [2.05, 4.69) is 4.74 Å². The quantitative estimate of drug-likeness (QED) is 0.466. The second kappa shape index (κ2) is 6.36. The summed E-state index contributed by atoms with van der Waals surface area (Å²) in [6, 6.07) is -0.0885. The third-order valence-electron chi connectivity index (χ3n) is 2.68. The fraction of sp³-hybridized carbons (Fsp3) is 0.462. The normalized spacial score (nSPS) is 13.1. The predicted octanol–water partition coefficient (Wildman–Crippen LogP) is 4.47. The Balaban J connectivity index is 3.24. The zero-order chi connectivity index (χ0) is 16.4. The van der Waals surface area contributed by atoms with Crippen LogP contribution in [0, 0.1) is 17.5 Å². The molecule has 0 aliphatic carbocycles. The Morgan fingerprint density at radius 2 is 1.76 bits per heavy atom. The van der Waals surface area contributed by atoms with Crippen molar-refractivity contribution >= 4 is 5.97 Å². The molecule has 21 heavy (non-hydrogen) atoms. The molecule has 0 aromatic heterocycles. The van der Waals surface area contributed by atoms with Crippen molar-refractivity contribution in [2.24, 2.45) is 0 Å². The minimum Gasteiger partial charge on any atom is -0.459 e. The summed E-state index contributed by atoms with van der Waals surface area (Å²) in [6.45, 7) is 3.22. The van der Waals surface area contributed by atoms with E-state index >= 15 is 0 Å². The zero-order valence-corrected chi connectivity index (χ0v) is 11.2. The van der Waals surface area contributed by atoms with Crippen molar-refractivity contribution in [3.63, 3.8) is 0 Å². The standard InChI is InChI=1S/C13H12F6O2/c1-3-4-6(2)21-12(20)7-5-8(13(17,18)19)10(15)11(16)9(7)14/h5-6H,3-4H2,1-2H3. The number of hydrogen-bond acceptors (Lipinski definition) is 2. The topological polar surface area (TPSA) is 26.3 Å². The molecule has 0 N–H and O–H groups in total. The second-order valence-electron chi connectivity index (χ2n) is 4.42. The lowest BCUT2D eigenvalue weighted by atomic mass is 10.1. The Kier molecular flexibility index (Phi) is 5.25. The first kappa shape index (κ1) is 17.3. The summed E-state index contributed by atoms with van der Waals surface area (Å²) in [5, 5.41) is 0. The highest BCUT2D eigenvalue weighted by Crippen LogP contribution is 2.34. The molecule has 2 nitrogen and oxygen atoms in total. The molecule has 0 radical (unpaired) electrons. The van der Waals surface area contributed by atoms with Gasteiger partial charge in [-0.25, -0.2) is 18.0 Å². The molecule has 8 heteroatoms. The molecule has 1 aromatic carbocycles. The predicted molar refractivity (Wildman–Crippen MR) is 61.1 cm³/mol. The average molecular weight is 314 g/mol. The maximum absolute atomic E-state index is 13.4. The van der Waals surface area contributed by atoms with Crippen LogP contribution in [0.1, 0.15) is 42.6 Å². The van der Waals surface area contributed by atoms with Crippen LogP contribution in [0.5, 0.6) is 0 Å². The summed E-state index contributed by atoms with van der Waals surface area (Å²) in [6.07, 6.45) is -4.95. The Morgan fingerprint density at radius 1 is 1.19 bits per heavy atom. The molecular weight excluding hydrogens is 302 g/mol. The van der Waals surface area contributed by atoms with E-state index < -0.39 is 46.8 Å². The molecule has 1 atom stereocenters. The van der Waals surface area contributed by atoms with Crippen LogP contribution in [0.25, 0.3) is 0 Å². The van der Waals surface area contributed by atoms with Gasteiger partial charge in [0, 0.05) is 0 Å². The van der Waals surface area contributed by atoms with Gasteiger partial charge in [-0.3, -0.25) is 0 Å². The third kappa shape index (κ3) is 3.89. The van der Waals surface area contributed by atoms with Gasteiger partial charge in [-0.2, -0.15) is 13.2 Å². The third-order valence-corrected chi connectivity index (χ3v) is 2.68. The van der Waals surface area contributed by atoms with E-state index in [0.717, 1.165) is 0 Å². The molecule has 0 bridgehead atoms. The molecule has 1 aromatic rings. The molecule has 118 valence electrons. The van der Waals surface area contributed by atoms with E-state index in [1.807, 2.05) is 0 Å². The molecule has 1 unspecified atom stereocenters. The Bertz CT molecular complexity index is 538. The van der Waals surface area contributed by atoms with Gasteiger partial charge in [0.1, 0.15) is 0 Å². The van der Waals surface area contributed by atoms with Gasteiger partial charge in [-0.05, 0) is 19.4 Å². The van der Waals surface area contributed by atoms with Crippen molar-refractivity contribution < 1.29 is 35.9 Å². The van der Waals surface area contributed by atoms with Crippen LogP contribution < -0.4 is 0 Å². The van der Waals surface area contributed by atoms with Crippen molar-refractivity contribution in [3.05, 3.63) is 34.6 Å². The van der Waals surface area contributed by atoms with Gasteiger partial charge < -0.3 is 4.74 Å². The zero-order valence-electron chi connectivity index (χ0n) is 11.2. The average Bonchev–Trinajstić information content (AvgIpc) is 2.34. The van der Waals surface area contributed by atoms with Crippen LogP contribution in [-0.4, -0.2) is 12.1 Å². The molecule has 1 rings (SSSR count). The fourth-order valence-corrected chi connectivity index (χ4v) is 1.67. The van der Waals surface area contributed by atoms with Gasteiger partial charge in [0.2, 0.25) is 0 Å². The summed E-state index contributed by atoms with van der Waals surface area (Å²) >= 11 is 0. The molecule has 0 aliphatic heterocycles. The lowest BCUT2D eigenvalue weighted by Crippen LogP contribution is -2.19. The summed E-state index contributed by atoms with van der Waals surface area (Å²) < 4.78 is 81.9. The molecule has 0 heterocycles. The number of rotatable bonds is 4. The van der Waals surface area contributed by atoms with Gasteiger partial charge >= 0.3 is 12.1 Å². The van der Waals surface area contributed by atoms with Crippen LogP contribution in [0.15, 0.2) is 6.07 Å². The van der Waals surface area contributed by atoms with Crippen molar-refractivity contribution in [1.29, 1.82) is 0 Å². The largest absolute Gasteiger partial charge is 0.459 e.